The summed E-state index contributed by atoms with van der Waals surface area (Å²) >= 11 is 0. The van der Waals surface area contributed by atoms with Crippen LogP contribution in [0.25, 0.3) is 0 Å². The van der Waals surface area contributed by atoms with Crippen molar-refractivity contribution in [2.45, 2.75) is 25.8 Å². The van der Waals surface area contributed by atoms with Gasteiger partial charge in [-0.15, -0.1) is 0 Å². The van der Waals surface area contributed by atoms with Crippen LogP contribution >= 0.6 is 0 Å². The molecule has 2 amide bonds. The molecule has 0 spiro atoms. The third kappa shape index (κ3) is 4.92. The molecule has 1 fully saturated rings. The van der Waals surface area contributed by atoms with Crippen LogP contribution in [0, 0.1) is 5.82 Å². The smallest absolute Gasteiger partial charge is 0.324 e. The number of carbonyl (C=O) groups is 2. The standard InChI is InChI=1S/C22H26FN3O3/c1-29-19-7-5-6-18(13-19)26(22(28)25-10-3-2-4-11-25)15-17-9-8-16(12-20(17)23)21(27)14-24/h5-9,12-13H,2-4,10-11,14-15,24H2,1H3. The molecule has 1 aliphatic rings. The number of anilines is 1. The molecule has 3 rings (SSSR count). The maximum atomic E-state index is 14.7. The van der Waals surface area contributed by atoms with Crippen molar-refractivity contribution in [3.05, 3.63) is 59.4 Å². The molecule has 0 radical (unpaired) electrons. The number of methoxy groups -OCH3 is 1. The fourth-order valence-electron chi connectivity index (χ4n) is 3.44. The van der Waals surface area contributed by atoms with Gasteiger partial charge in [0.25, 0.3) is 0 Å². The zero-order chi connectivity index (χ0) is 20.8. The minimum atomic E-state index is -0.538. The maximum Gasteiger partial charge on any atom is 0.324 e. The highest BCUT2D eigenvalue weighted by atomic mass is 19.1. The molecule has 1 saturated heterocycles. The number of urea groups is 1. The predicted molar refractivity (Wildman–Crippen MR) is 110 cm³/mol. The molecule has 1 heterocycles. The van der Waals surface area contributed by atoms with Crippen molar-refractivity contribution in [2.24, 2.45) is 5.73 Å². The lowest BCUT2D eigenvalue weighted by Gasteiger charge is -2.33. The lowest BCUT2D eigenvalue weighted by Crippen LogP contribution is -2.45. The molecule has 0 unspecified atom stereocenters. The molecule has 154 valence electrons. The average molecular weight is 399 g/mol. The molecular formula is C22H26FN3O3. The number of rotatable bonds is 6. The monoisotopic (exact) mass is 399 g/mol. The zero-order valence-corrected chi connectivity index (χ0v) is 16.6. The molecule has 0 atom stereocenters. The van der Waals surface area contributed by atoms with Crippen molar-refractivity contribution < 1.29 is 18.7 Å². The first-order chi connectivity index (χ1) is 14.0. The van der Waals surface area contributed by atoms with Crippen molar-refractivity contribution >= 4 is 17.5 Å². The van der Waals surface area contributed by atoms with E-state index in [4.69, 9.17) is 10.5 Å². The van der Waals surface area contributed by atoms with E-state index in [-0.39, 0.29) is 30.5 Å². The summed E-state index contributed by atoms with van der Waals surface area (Å²) in [5.41, 5.74) is 6.53. The van der Waals surface area contributed by atoms with Crippen LogP contribution in [-0.4, -0.2) is 43.5 Å². The minimum absolute atomic E-state index is 0.0471. The zero-order valence-electron chi connectivity index (χ0n) is 16.6. The summed E-state index contributed by atoms with van der Waals surface area (Å²) in [5.74, 6) is -0.253. The van der Waals surface area contributed by atoms with E-state index in [0.29, 0.717) is 30.1 Å². The van der Waals surface area contributed by atoms with E-state index in [1.807, 2.05) is 0 Å². The Morgan fingerprint density at radius 2 is 1.90 bits per heavy atom. The van der Waals surface area contributed by atoms with Crippen LogP contribution in [-0.2, 0) is 6.54 Å². The number of likely N-dealkylation sites (tertiary alicyclic amines) is 1. The summed E-state index contributed by atoms with van der Waals surface area (Å²) in [6, 6.07) is 11.2. The maximum absolute atomic E-state index is 14.7. The molecule has 7 heteroatoms. The number of nitrogens with two attached hydrogens (primary N) is 1. The van der Waals surface area contributed by atoms with Gasteiger partial charge in [0.1, 0.15) is 11.6 Å². The molecule has 29 heavy (non-hydrogen) atoms. The molecule has 0 saturated carbocycles. The summed E-state index contributed by atoms with van der Waals surface area (Å²) in [4.78, 5) is 28.3. The van der Waals surface area contributed by atoms with Crippen LogP contribution in [0.2, 0.25) is 0 Å². The summed E-state index contributed by atoms with van der Waals surface area (Å²) in [7, 11) is 1.56. The number of ether oxygens (including phenoxy) is 1. The normalized spacial score (nSPS) is 13.8. The Morgan fingerprint density at radius 1 is 1.14 bits per heavy atom. The Bertz CT molecular complexity index is 881. The number of carbonyl (C=O) groups excluding carboxylic acids is 2. The second-order valence-corrected chi connectivity index (χ2v) is 7.05. The second kappa shape index (κ2) is 9.52. The Labute approximate surface area is 170 Å². The molecule has 2 aromatic rings. The summed E-state index contributed by atoms with van der Waals surface area (Å²) in [5, 5.41) is 0. The molecule has 2 aromatic carbocycles. The van der Waals surface area contributed by atoms with Crippen LogP contribution in [0.5, 0.6) is 5.75 Å². The van der Waals surface area contributed by atoms with Crippen molar-refractivity contribution in [1.82, 2.24) is 4.90 Å². The van der Waals surface area contributed by atoms with Gasteiger partial charge < -0.3 is 15.4 Å². The molecular weight excluding hydrogens is 373 g/mol. The van der Waals surface area contributed by atoms with Gasteiger partial charge in [0.2, 0.25) is 0 Å². The topological polar surface area (TPSA) is 75.9 Å². The minimum Gasteiger partial charge on any atom is -0.497 e. The van der Waals surface area contributed by atoms with Crippen molar-refractivity contribution in [3.63, 3.8) is 0 Å². The number of Topliss-reactive ketones (excluding diaryl/α,β-unsaturated/α-hetero) is 1. The fraction of sp³-hybridized carbons (Fsp3) is 0.364. The van der Waals surface area contributed by atoms with Gasteiger partial charge >= 0.3 is 6.03 Å². The summed E-state index contributed by atoms with van der Waals surface area (Å²) in [6.45, 7) is 1.24. The van der Waals surface area contributed by atoms with Crippen LogP contribution in [0.1, 0.15) is 35.2 Å². The molecule has 0 bridgehead atoms. The largest absolute Gasteiger partial charge is 0.497 e. The number of ketones is 1. The highest BCUT2D eigenvalue weighted by Crippen LogP contribution is 2.26. The lowest BCUT2D eigenvalue weighted by molar-refractivity contribution is 0.100. The van der Waals surface area contributed by atoms with E-state index >= 15 is 0 Å². The van der Waals surface area contributed by atoms with Gasteiger partial charge in [-0.3, -0.25) is 9.69 Å². The summed E-state index contributed by atoms with van der Waals surface area (Å²) < 4.78 is 20.0. The first-order valence-corrected chi connectivity index (χ1v) is 9.75. The highest BCUT2D eigenvalue weighted by Gasteiger charge is 2.25. The van der Waals surface area contributed by atoms with Crippen LogP contribution in [0.15, 0.2) is 42.5 Å². The van der Waals surface area contributed by atoms with Gasteiger partial charge in [-0.05, 0) is 37.5 Å². The van der Waals surface area contributed by atoms with E-state index in [1.54, 1.807) is 47.2 Å². The first kappa shape index (κ1) is 20.8. The molecule has 0 aliphatic carbocycles. The third-order valence-electron chi connectivity index (χ3n) is 5.11. The van der Waals surface area contributed by atoms with E-state index < -0.39 is 5.82 Å². The second-order valence-electron chi connectivity index (χ2n) is 7.05. The summed E-state index contributed by atoms with van der Waals surface area (Å²) in [6.07, 6.45) is 3.03. The Kier molecular flexibility index (Phi) is 6.82. The van der Waals surface area contributed by atoms with Gasteiger partial charge in [0.15, 0.2) is 5.78 Å². The molecule has 0 aromatic heterocycles. The number of nitrogens with zero attached hydrogens (tertiary/aromatic N) is 2. The average Bonchev–Trinajstić information content (AvgIpc) is 2.77. The van der Waals surface area contributed by atoms with E-state index in [9.17, 15) is 14.0 Å². The van der Waals surface area contributed by atoms with Gasteiger partial charge in [-0.1, -0.05) is 18.2 Å². The molecule has 1 aliphatic heterocycles. The predicted octanol–water partition coefficient (Wildman–Crippen LogP) is 3.59. The van der Waals surface area contributed by atoms with E-state index in [2.05, 4.69) is 0 Å². The van der Waals surface area contributed by atoms with Crippen LogP contribution in [0.3, 0.4) is 0 Å². The Hall–Kier alpha value is -2.93. The van der Waals surface area contributed by atoms with Gasteiger partial charge in [0, 0.05) is 36.0 Å². The molecule has 6 nitrogen and oxygen atoms in total. The number of halogens is 1. The first-order valence-electron chi connectivity index (χ1n) is 9.75. The van der Waals surface area contributed by atoms with Crippen molar-refractivity contribution in [3.8, 4) is 5.75 Å². The van der Waals surface area contributed by atoms with Gasteiger partial charge in [-0.25, -0.2) is 9.18 Å². The highest BCUT2D eigenvalue weighted by molar-refractivity contribution is 5.97. The van der Waals surface area contributed by atoms with Crippen molar-refractivity contribution in [1.29, 1.82) is 0 Å². The number of amides is 2. The molecule has 2 N–H and O–H groups in total. The number of benzene rings is 2. The van der Waals surface area contributed by atoms with Crippen molar-refractivity contribution in [2.75, 3.05) is 31.6 Å². The quantitative estimate of drug-likeness (QED) is 0.753. The lowest BCUT2D eigenvalue weighted by atomic mass is 10.1. The number of piperidine rings is 1. The Balaban J connectivity index is 1.92. The fourth-order valence-corrected chi connectivity index (χ4v) is 3.44. The third-order valence-corrected chi connectivity index (χ3v) is 5.11. The Morgan fingerprint density at radius 3 is 2.55 bits per heavy atom. The van der Waals surface area contributed by atoms with Gasteiger partial charge in [-0.2, -0.15) is 0 Å². The van der Waals surface area contributed by atoms with E-state index in [1.165, 1.54) is 12.1 Å². The van der Waals surface area contributed by atoms with Crippen LogP contribution in [0.4, 0.5) is 14.9 Å². The SMILES string of the molecule is COc1cccc(N(Cc2ccc(C(=O)CN)cc2F)C(=O)N2CCCCC2)c1. The van der Waals surface area contributed by atoms with Gasteiger partial charge in [0.05, 0.1) is 20.2 Å². The van der Waals surface area contributed by atoms with Crippen LogP contribution < -0.4 is 15.4 Å². The number of hydrogen-bond donors (Lipinski definition) is 1. The number of hydrogen-bond acceptors (Lipinski definition) is 4. The van der Waals surface area contributed by atoms with E-state index in [0.717, 1.165) is 19.3 Å².